The van der Waals surface area contributed by atoms with Crippen LogP contribution in [0.25, 0.3) is 43.5 Å². The van der Waals surface area contributed by atoms with Crippen molar-refractivity contribution in [1.29, 1.82) is 0 Å². The summed E-state index contributed by atoms with van der Waals surface area (Å²) in [4.78, 5) is 23.2. The number of rotatable bonds is 3. The quantitative estimate of drug-likeness (QED) is 0.454. The van der Waals surface area contributed by atoms with E-state index in [0.717, 1.165) is 49.2 Å². The van der Waals surface area contributed by atoms with E-state index >= 15 is 0 Å². The second-order valence-corrected chi connectivity index (χ2v) is 6.96. The van der Waals surface area contributed by atoms with Gasteiger partial charge in [0.1, 0.15) is 16.9 Å². The van der Waals surface area contributed by atoms with E-state index < -0.39 is 0 Å². The van der Waals surface area contributed by atoms with Gasteiger partial charge in [0, 0.05) is 35.6 Å². The van der Waals surface area contributed by atoms with E-state index in [-0.39, 0.29) is 0 Å². The molecule has 130 valence electrons. The first-order valence-electron chi connectivity index (χ1n) is 8.32. The third-order valence-corrected chi connectivity index (χ3v) is 5.41. The summed E-state index contributed by atoms with van der Waals surface area (Å²) in [5, 5.41) is 1.82. The number of pyridine rings is 2. The number of hydrogen-bond acceptors (Lipinski definition) is 7. The molecular formula is C20H13N5OS. The molecule has 6 nitrogen and oxygen atoms in total. The summed E-state index contributed by atoms with van der Waals surface area (Å²) in [6.45, 7) is 1.99. The van der Waals surface area contributed by atoms with Crippen LogP contribution in [0.3, 0.4) is 0 Å². The molecule has 0 spiro atoms. The minimum Gasteiger partial charge on any atom is -0.464 e. The van der Waals surface area contributed by atoms with Crippen LogP contribution in [-0.2, 0) is 0 Å². The van der Waals surface area contributed by atoms with Crippen LogP contribution in [0.2, 0.25) is 0 Å². The van der Waals surface area contributed by atoms with Gasteiger partial charge in [-0.3, -0.25) is 4.98 Å². The van der Waals surface area contributed by atoms with Gasteiger partial charge in [-0.15, -0.1) is 11.3 Å². The van der Waals surface area contributed by atoms with E-state index in [0.29, 0.717) is 0 Å². The van der Waals surface area contributed by atoms with Gasteiger partial charge in [-0.2, -0.15) is 0 Å². The third kappa shape index (κ3) is 2.78. The average molecular weight is 371 g/mol. The molecule has 0 saturated carbocycles. The molecular weight excluding hydrogens is 358 g/mol. The van der Waals surface area contributed by atoms with Gasteiger partial charge in [0.25, 0.3) is 0 Å². The average Bonchev–Trinajstić information content (AvgIpc) is 3.35. The standard InChI is InChI=1S/C20H13N5OS/c1-12-19(27-20(24-12)13-9-21-11-22-10-13)18-14-5-7-26-17(14)8-16(25-18)15-4-2-3-6-23-15/h2-11H,1H3. The van der Waals surface area contributed by atoms with Crippen LogP contribution < -0.4 is 0 Å². The molecule has 0 N–H and O–H groups in total. The molecule has 0 aromatic carbocycles. The lowest BCUT2D eigenvalue weighted by Crippen LogP contribution is -1.91. The first kappa shape index (κ1) is 15.8. The van der Waals surface area contributed by atoms with Crippen LogP contribution in [0.15, 0.2) is 65.9 Å². The number of aryl methyl sites for hydroxylation is 1. The third-order valence-electron chi connectivity index (χ3n) is 4.20. The largest absolute Gasteiger partial charge is 0.464 e. The summed E-state index contributed by atoms with van der Waals surface area (Å²) in [6, 6.07) is 9.62. The zero-order valence-corrected chi connectivity index (χ0v) is 15.1. The highest BCUT2D eigenvalue weighted by Crippen LogP contribution is 2.38. The van der Waals surface area contributed by atoms with Crippen molar-refractivity contribution in [2.45, 2.75) is 6.92 Å². The Labute approximate surface area is 158 Å². The molecule has 5 rings (SSSR count). The first-order valence-corrected chi connectivity index (χ1v) is 9.14. The lowest BCUT2D eigenvalue weighted by atomic mass is 10.1. The SMILES string of the molecule is Cc1nc(-c2cncnc2)sc1-c1nc(-c2ccccn2)cc2occc12. The van der Waals surface area contributed by atoms with E-state index in [9.17, 15) is 0 Å². The van der Waals surface area contributed by atoms with Crippen LogP contribution in [0.4, 0.5) is 0 Å². The minimum atomic E-state index is 0.769. The molecule has 7 heteroatoms. The van der Waals surface area contributed by atoms with Crippen molar-refractivity contribution in [3.05, 3.63) is 67.2 Å². The number of furan rings is 1. The van der Waals surface area contributed by atoms with Gasteiger partial charge >= 0.3 is 0 Å². The Hall–Kier alpha value is -3.45. The lowest BCUT2D eigenvalue weighted by molar-refractivity contribution is 0.616. The van der Waals surface area contributed by atoms with E-state index in [1.54, 1.807) is 36.2 Å². The predicted molar refractivity (Wildman–Crippen MR) is 104 cm³/mol. The van der Waals surface area contributed by atoms with Crippen molar-refractivity contribution >= 4 is 22.3 Å². The number of fused-ring (bicyclic) bond motifs is 1. The van der Waals surface area contributed by atoms with Crippen molar-refractivity contribution in [3.63, 3.8) is 0 Å². The smallest absolute Gasteiger partial charge is 0.138 e. The van der Waals surface area contributed by atoms with Crippen molar-refractivity contribution in [2.24, 2.45) is 0 Å². The summed E-state index contributed by atoms with van der Waals surface area (Å²) >= 11 is 1.57. The highest BCUT2D eigenvalue weighted by Gasteiger charge is 2.18. The second-order valence-electron chi connectivity index (χ2n) is 5.96. The number of hydrogen-bond donors (Lipinski definition) is 0. The fraction of sp³-hybridized carbons (Fsp3) is 0.0500. The normalized spacial score (nSPS) is 11.1. The topological polar surface area (TPSA) is 77.6 Å². The fourth-order valence-corrected chi connectivity index (χ4v) is 3.98. The van der Waals surface area contributed by atoms with Crippen LogP contribution in [0.5, 0.6) is 0 Å². The van der Waals surface area contributed by atoms with Crippen LogP contribution >= 0.6 is 11.3 Å². The Balaban J connectivity index is 1.71. The van der Waals surface area contributed by atoms with Crippen molar-refractivity contribution in [3.8, 4) is 32.5 Å². The van der Waals surface area contributed by atoms with E-state index in [4.69, 9.17) is 14.4 Å². The van der Waals surface area contributed by atoms with Crippen molar-refractivity contribution in [2.75, 3.05) is 0 Å². The molecule has 0 amide bonds. The monoisotopic (exact) mass is 371 g/mol. The van der Waals surface area contributed by atoms with Gasteiger partial charge in [0.2, 0.25) is 0 Å². The van der Waals surface area contributed by atoms with E-state index in [1.165, 1.54) is 6.33 Å². The molecule has 0 fully saturated rings. The minimum absolute atomic E-state index is 0.769. The number of nitrogens with zero attached hydrogens (tertiary/aromatic N) is 5. The van der Waals surface area contributed by atoms with Crippen LogP contribution in [0, 0.1) is 6.92 Å². The molecule has 0 atom stereocenters. The maximum atomic E-state index is 5.67. The Kier molecular flexibility index (Phi) is 3.72. The van der Waals surface area contributed by atoms with Gasteiger partial charge < -0.3 is 4.42 Å². The zero-order valence-electron chi connectivity index (χ0n) is 14.3. The molecule has 0 aliphatic rings. The van der Waals surface area contributed by atoms with E-state index in [2.05, 4.69) is 15.0 Å². The molecule has 5 aromatic rings. The summed E-state index contributed by atoms with van der Waals surface area (Å²) in [7, 11) is 0. The summed E-state index contributed by atoms with van der Waals surface area (Å²) in [5.74, 6) is 0. The summed E-state index contributed by atoms with van der Waals surface area (Å²) in [5.41, 5.74) is 4.99. The fourth-order valence-electron chi connectivity index (χ4n) is 2.93. The maximum absolute atomic E-state index is 5.67. The number of aromatic nitrogens is 5. The summed E-state index contributed by atoms with van der Waals surface area (Å²) < 4.78 is 5.67. The first-order chi connectivity index (χ1) is 13.3. The van der Waals surface area contributed by atoms with Gasteiger partial charge in [-0.25, -0.2) is 19.9 Å². The molecule has 0 radical (unpaired) electrons. The molecule has 0 aliphatic heterocycles. The molecule has 0 bridgehead atoms. The van der Waals surface area contributed by atoms with Gasteiger partial charge in [0.15, 0.2) is 0 Å². The highest BCUT2D eigenvalue weighted by atomic mass is 32.1. The zero-order chi connectivity index (χ0) is 18.2. The Morgan fingerprint density at radius 2 is 1.89 bits per heavy atom. The molecule has 5 heterocycles. The van der Waals surface area contributed by atoms with E-state index in [1.807, 2.05) is 37.3 Å². The Morgan fingerprint density at radius 3 is 2.70 bits per heavy atom. The highest BCUT2D eigenvalue weighted by molar-refractivity contribution is 7.18. The lowest BCUT2D eigenvalue weighted by Gasteiger charge is -2.05. The molecule has 27 heavy (non-hydrogen) atoms. The molecule has 0 unspecified atom stereocenters. The molecule has 0 aliphatic carbocycles. The number of thiazole rings is 1. The van der Waals surface area contributed by atoms with Gasteiger partial charge in [-0.05, 0) is 25.1 Å². The van der Waals surface area contributed by atoms with Crippen LogP contribution in [-0.4, -0.2) is 24.9 Å². The Morgan fingerprint density at radius 1 is 1.00 bits per heavy atom. The second kappa shape index (κ2) is 6.37. The Bertz CT molecular complexity index is 1230. The summed E-state index contributed by atoms with van der Waals surface area (Å²) in [6.07, 6.45) is 8.48. The van der Waals surface area contributed by atoms with Gasteiger partial charge in [-0.1, -0.05) is 6.07 Å². The van der Waals surface area contributed by atoms with Crippen molar-refractivity contribution < 1.29 is 4.42 Å². The maximum Gasteiger partial charge on any atom is 0.138 e. The van der Waals surface area contributed by atoms with Crippen molar-refractivity contribution in [1.82, 2.24) is 24.9 Å². The van der Waals surface area contributed by atoms with Gasteiger partial charge in [0.05, 0.1) is 33.9 Å². The predicted octanol–water partition coefficient (Wildman–Crippen LogP) is 4.78. The molecule has 0 saturated heterocycles. The van der Waals surface area contributed by atoms with Crippen LogP contribution in [0.1, 0.15) is 5.69 Å². The molecule has 5 aromatic heterocycles.